The summed E-state index contributed by atoms with van der Waals surface area (Å²) in [5.74, 6) is 0. The smallest absolute Gasteiger partial charge is 0.321 e. The second-order valence-electron chi connectivity index (χ2n) is 6.25. The standard InChI is InChI=1S/C18H24N4O2S/c1-14-13-25-17(19-14)12-21(2)18(23)20-16-5-3-15(4-6-16)11-22-7-9-24-10-8-22/h3-6,13H,7-12H2,1-2H3,(H,20,23). The monoisotopic (exact) mass is 360 g/mol. The Bertz CT molecular complexity index is 695. The molecule has 1 aromatic heterocycles. The molecule has 0 radical (unpaired) electrons. The van der Waals surface area contributed by atoms with E-state index in [0.717, 1.165) is 49.2 Å². The van der Waals surface area contributed by atoms with Crippen LogP contribution in [0.4, 0.5) is 10.5 Å². The molecule has 1 aliphatic heterocycles. The van der Waals surface area contributed by atoms with Crippen molar-refractivity contribution in [2.45, 2.75) is 20.0 Å². The largest absolute Gasteiger partial charge is 0.379 e. The van der Waals surface area contributed by atoms with Gasteiger partial charge < -0.3 is 15.0 Å². The van der Waals surface area contributed by atoms with Crippen LogP contribution in [-0.2, 0) is 17.8 Å². The molecule has 6 nitrogen and oxygen atoms in total. The van der Waals surface area contributed by atoms with Gasteiger partial charge in [-0.05, 0) is 24.6 Å². The number of benzene rings is 1. The lowest BCUT2D eigenvalue weighted by Crippen LogP contribution is -2.35. The number of aryl methyl sites for hydroxylation is 1. The highest BCUT2D eigenvalue weighted by atomic mass is 32.1. The zero-order chi connectivity index (χ0) is 17.6. The van der Waals surface area contributed by atoms with Crippen molar-refractivity contribution in [2.75, 3.05) is 38.7 Å². The van der Waals surface area contributed by atoms with Crippen LogP contribution >= 0.6 is 11.3 Å². The van der Waals surface area contributed by atoms with Crippen LogP contribution in [0.3, 0.4) is 0 Å². The molecule has 0 bridgehead atoms. The van der Waals surface area contributed by atoms with E-state index in [1.165, 1.54) is 5.56 Å². The molecule has 1 aliphatic rings. The first kappa shape index (κ1) is 17.8. The van der Waals surface area contributed by atoms with E-state index in [0.29, 0.717) is 6.54 Å². The van der Waals surface area contributed by atoms with Crippen molar-refractivity contribution < 1.29 is 9.53 Å². The molecule has 0 saturated carbocycles. The Labute approximate surface area is 152 Å². The third-order valence-corrected chi connectivity index (χ3v) is 5.05. The minimum Gasteiger partial charge on any atom is -0.379 e. The fourth-order valence-corrected chi connectivity index (χ4v) is 3.50. The van der Waals surface area contributed by atoms with Gasteiger partial charge in [0.05, 0.1) is 19.8 Å². The second-order valence-corrected chi connectivity index (χ2v) is 7.20. The first-order valence-electron chi connectivity index (χ1n) is 8.42. The first-order chi connectivity index (χ1) is 12.1. The Morgan fingerprint density at radius 2 is 2.04 bits per heavy atom. The molecule has 2 amide bonds. The molecule has 0 spiro atoms. The van der Waals surface area contributed by atoms with Gasteiger partial charge in [0.2, 0.25) is 0 Å². The Kier molecular flexibility index (Phi) is 6.01. The van der Waals surface area contributed by atoms with Gasteiger partial charge >= 0.3 is 6.03 Å². The van der Waals surface area contributed by atoms with E-state index in [1.807, 2.05) is 24.4 Å². The van der Waals surface area contributed by atoms with Crippen LogP contribution in [0, 0.1) is 6.92 Å². The average molecular weight is 360 g/mol. The Morgan fingerprint density at radius 1 is 1.32 bits per heavy atom. The van der Waals surface area contributed by atoms with Crippen molar-refractivity contribution in [1.82, 2.24) is 14.8 Å². The maximum atomic E-state index is 12.3. The Morgan fingerprint density at radius 3 is 2.68 bits per heavy atom. The molecular weight excluding hydrogens is 336 g/mol. The summed E-state index contributed by atoms with van der Waals surface area (Å²) in [5.41, 5.74) is 3.04. The van der Waals surface area contributed by atoms with Gasteiger partial charge in [-0.2, -0.15) is 0 Å². The van der Waals surface area contributed by atoms with Crippen molar-refractivity contribution in [2.24, 2.45) is 0 Å². The highest BCUT2D eigenvalue weighted by molar-refractivity contribution is 7.09. The number of amides is 2. The van der Waals surface area contributed by atoms with Crippen molar-refractivity contribution in [3.8, 4) is 0 Å². The molecule has 1 saturated heterocycles. The van der Waals surface area contributed by atoms with Crippen molar-refractivity contribution in [3.63, 3.8) is 0 Å². The molecule has 3 rings (SSSR count). The van der Waals surface area contributed by atoms with Gasteiger partial charge in [0, 0.05) is 43.4 Å². The number of ether oxygens (including phenoxy) is 1. The third-order valence-electron chi connectivity index (χ3n) is 4.10. The van der Waals surface area contributed by atoms with Crippen LogP contribution in [0.1, 0.15) is 16.3 Å². The molecule has 0 atom stereocenters. The topological polar surface area (TPSA) is 57.7 Å². The molecule has 1 N–H and O–H groups in total. The van der Waals surface area contributed by atoms with Crippen molar-refractivity contribution >= 4 is 23.1 Å². The quantitative estimate of drug-likeness (QED) is 0.891. The molecule has 1 aromatic carbocycles. The number of hydrogen-bond donors (Lipinski definition) is 1. The number of urea groups is 1. The highest BCUT2D eigenvalue weighted by Gasteiger charge is 2.13. The molecular formula is C18H24N4O2S. The van der Waals surface area contributed by atoms with E-state index in [4.69, 9.17) is 4.74 Å². The van der Waals surface area contributed by atoms with Gasteiger partial charge in [0.1, 0.15) is 5.01 Å². The van der Waals surface area contributed by atoms with Crippen molar-refractivity contribution in [3.05, 3.63) is 45.9 Å². The van der Waals surface area contributed by atoms with Crippen LogP contribution in [-0.4, -0.2) is 54.2 Å². The number of rotatable bonds is 5. The van der Waals surface area contributed by atoms with Gasteiger partial charge in [0.25, 0.3) is 0 Å². The highest BCUT2D eigenvalue weighted by Crippen LogP contribution is 2.15. The van der Waals surface area contributed by atoms with E-state index < -0.39 is 0 Å². The molecule has 2 heterocycles. The normalized spacial score (nSPS) is 15.1. The minimum atomic E-state index is -0.131. The fraction of sp³-hybridized carbons (Fsp3) is 0.444. The lowest BCUT2D eigenvalue weighted by molar-refractivity contribution is 0.0342. The molecule has 0 unspecified atom stereocenters. The molecule has 1 fully saturated rings. The Balaban J connectivity index is 1.50. The van der Waals surface area contributed by atoms with E-state index in [-0.39, 0.29) is 6.03 Å². The molecule has 25 heavy (non-hydrogen) atoms. The zero-order valence-corrected chi connectivity index (χ0v) is 15.5. The average Bonchev–Trinajstić information content (AvgIpc) is 3.02. The van der Waals surface area contributed by atoms with E-state index in [9.17, 15) is 4.79 Å². The number of nitrogens with one attached hydrogen (secondary N) is 1. The summed E-state index contributed by atoms with van der Waals surface area (Å²) < 4.78 is 5.37. The summed E-state index contributed by atoms with van der Waals surface area (Å²) >= 11 is 1.57. The Hall–Kier alpha value is -1.96. The van der Waals surface area contributed by atoms with Gasteiger partial charge in [-0.3, -0.25) is 4.90 Å². The van der Waals surface area contributed by atoms with Crippen LogP contribution in [0.2, 0.25) is 0 Å². The number of nitrogens with zero attached hydrogens (tertiary/aromatic N) is 3. The summed E-state index contributed by atoms with van der Waals surface area (Å²) in [7, 11) is 1.78. The van der Waals surface area contributed by atoms with Gasteiger partial charge in [-0.1, -0.05) is 12.1 Å². The zero-order valence-electron chi connectivity index (χ0n) is 14.7. The van der Waals surface area contributed by atoms with Crippen molar-refractivity contribution in [1.29, 1.82) is 0 Å². The minimum absolute atomic E-state index is 0.131. The van der Waals surface area contributed by atoms with Gasteiger partial charge in [-0.15, -0.1) is 11.3 Å². The SMILES string of the molecule is Cc1csc(CN(C)C(=O)Nc2ccc(CN3CCOCC3)cc2)n1. The van der Waals surface area contributed by atoms with Gasteiger partial charge in [0.15, 0.2) is 0 Å². The number of hydrogen-bond acceptors (Lipinski definition) is 5. The number of aromatic nitrogens is 1. The summed E-state index contributed by atoms with van der Waals surface area (Å²) in [4.78, 5) is 20.7. The predicted molar refractivity (Wildman–Crippen MR) is 99.9 cm³/mol. The van der Waals surface area contributed by atoms with Gasteiger partial charge in [-0.25, -0.2) is 9.78 Å². The number of thiazole rings is 1. The number of carbonyl (C=O) groups excluding carboxylic acids is 1. The molecule has 0 aliphatic carbocycles. The van der Waals surface area contributed by atoms with E-state index >= 15 is 0 Å². The number of anilines is 1. The molecule has 7 heteroatoms. The van der Waals surface area contributed by atoms with E-state index in [2.05, 4.69) is 27.3 Å². The maximum absolute atomic E-state index is 12.3. The summed E-state index contributed by atoms with van der Waals surface area (Å²) in [6.07, 6.45) is 0. The van der Waals surface area contributed by atoms with Crippen LogP contribution < -0.4 is 5.32 Å². The maximum Gasteiger partial charge on any atom is 0.321 e. The molecule has 2 aromatic rings. The molecule has 134 valence electrons. The summed E-state index contributed by atoms with van der Waals surface area (Å²) in [6.45, 7) is 6.94. The van der Waals surface area contributed by atoms with Crippen LogP contribution in [0.5, 0.6) is 0 Å². The fourth-order valence-electron chi connectivity index (χ4n) is 2.68. The lowest BCUT2D eigenvalue weighted by Gasteiger charge is -2.26. The summed E-state index contributed by atoms with van der Waals surface area (Å²) in [5, 5.41) is 5.86. The second kappa shape index (κ2) is 8.42. The van der Waals surface area contributed by atoms with Crippen LogP contribution in [0.25, 0.3) is 0 Å². The number of morpholine rings is 1. The number of carbonyl (C=O) groups is 1. The first-order valence-corrected chi connectivity index (χ1v) is 9.30. The third kappa shape index (κ3) is 5.26. The lowest BCUT2D eigenvalue weighted by atomic mass is 10.2. The summed E-state index contributed by atoms with van der Waals surface area (Å²) in [6, 6.07) is 7.91. The predicted octanol–water partition coefficient (Wildman–Crippen LogP) is 2.95. The van der Waals surface area contributed by atoms with Crippen LogP contribution in [0.15, 0.2) is 29.6 Å². The van der Waals surface area contributed by atoms with E-state index in [1.54, 1.807) is 23.3 Å².